The van der Waals surface area contributed by atoms with Crippen LogP contribution in [0.25, 0.3) is 0 Å². The average molecular weight is 286 g/mol. The summed E-state index contributed by atoms with van der Waals surface area (Å²) in [5.41, 5.74) is 1.32. The highest BCUT2D eigenvalue weighted by atomic mass is 16.5. The maximum Gasteiger partial charge on any atom is 0.273 e. The number of rotatable bonds is 6. The van der Waals surface area contributed by atoms with Crippen molar-refractivity contribution >= 4 is 5.91 Å². The Morgan fingerprint density at radius 1 is 1.38 bits per heavy atom. The first-order valence-electron chi connectivity index (χ1n) is 7.19. The number of aliphatic hydroxyl groups is 1. The van der Waals surface area contributed by atoms with Crippen LogP contribution in [0.15, 0.2) is 40.9 Å². The predicted octanol–water partition coefficient (Wildman–Crippen LogP) is 1.89. The first kappa shape index (κ1) is 13.8. The van der Waals surface area contributed by atoms with Gasteiger partial charge in [0.2, 0.25) is 0 Å². The van der Waals surface area contributed by atoms with Crippen LogP contribution in [0.4, 0.5) is 0 Å². The zero-order valence-electron chi connectivity index (χ0n) is 11.7. The van der Waals surface area contributed by atoms with Crippen LogP contribution >= 0.6 is 0 Å². The fourth-order valence-electron chi connectivity index (χ4n) is 2.22. The topological polar surface area (TPSA) is 75.4 Å². The van der Waals surface area contributed by atoms with Gasteiger partial charge in [-0.2, -0.15) is 0 Å². The Morgan fingerprint density at radius 2 is 2.14 bits per heavy atom. The molecule has 0 bridgehead atoms. The molecule has 1 aliphatic carbocycles. The first-order chi connectivity index (χ1) is 10.2. The number of carbonyl (C=O) groups excluding carboxylic acids is 1. The zero-order valence-corrected chi connectivity index (χ0v) is 11.7. The maximum atomic E-state index is 11.9. The monoisotopic (exact) mass is 286 g/mol. The highest BCUT2D eigenvalue weighted by Crippen LogP contribution is 2.40. The molecular formula is C16H18N2O3. The van der Waals surface area contributed by atoms with Crippen molar-refractivity contribution in [1.82, 2.24) is 10.5 Å². The molecule has 110 valence electrons. The SMILES string of the molecule is O=C(NC[C@@H](O)Cc1ccccc1)c1cc(C2CC2)on1. The standard InChI is InChI=1S/C16H18N2O3/c19-13(8-11-4-2-1-3-5-11)10-17-16(20)14-9-15(21-18-14)12-6-7-12/h1-5,9,12-13,19H,6-8,10H2,(H,17,20)/t13-/m0/s1. The summed E-state index contributed by atoms with van der Waals surface area (Å²) in [6, 6.07) is 11.4. The molecule has 3 rings (SSSR count). The molecule has 1 amide bonds. The van der Waals surface area contributed by atoms with E-state index in [4.69, 9.17) is 4.52 Å². The summed E-state index contributed by atoms with van der Waals surface area (Å²) in [4.78, 5) is 11.9. The molecular weight excluding hydrogens is 268 g/mol. The van der Waals surface area contributed by atoms with Gasteiger partial charge in [-0.25, -0.2) is 0 Å². The van der Waals surface area contributed by atoms with Crippen molar-refractivity contribution in [3.05, 3.63) is 53.4 Å². The lowest BCUT2D eigenvalue weighted by molar-refractivity contribution is 0.0907. The molecule has 2 aromatic rings. The summed E-state index contributed by atoms with van der Waals surface area (Å²) in [5.74, 6) is 0.908. The lowest BCUT2D eigenvalue weighted by atomic mass is 10.1. The number of aromatic nitrogens is 1. The number of hydrogen-bond donors (Lipinski definition) is 2. The Bertz CT molecular complexity index is 605. The first-order valence-corrected chi connectivity index (χ1v) is 7.19. The minimum Gasteiger partial charge on any atom is -0.391 e. The molecule has 1 aromatic carbocycles. The Balaban J connectivity index is 1.48. The third kappa shape index (κ3) is 3.70. The van der Waals surface area contributed by atoms with Gasteiger partial charge in [0, 0.05) is 24.9 Å². The van der Waals surface area contributed by atoms with Gasteiger partial charge in [-0.05, 0) is 18.4 Å². The summed E-state index contributed by atoms with van der Waals surface area (Å²) in [6.07, 6.45) is 2.09. The molecule has 2 N–H and O–H groups in total. The van der Waals surface area contributed by atoms with Crippen LogP contribution in [0.3, 0.4) is 0 Å². The van der Waals surface area contributed by atoms with Crippen LogP contribution in [0.1, 0.15) is 40.6 Å². The number of benzene rings is 1. The van der Waals surface area contributed by atoms with Gasteiger partial charge < -0.3 is 14.9 Å². The molecule has 0 radical (unpaired) electrons. The third-order valence-corrected chi connectivity index (χ3v) is 3.55. The summed E-state index contributed by atoms with van der Waals surface area (Å²) in [7, 11) is 0. The van der Waals surface area contributed by atoms with E-state index < -0.39 is 6.10 Å². The molecule has 1 atom stereocenters. The normalized spacial score (nSPS) is 15.7. The molecule has 1 heterocycles. The van der Waals surface area contributed by atoms with Crippen LogP contribution in [-0.2, 0) is 6.42 Å². The summed E-state index contributed by atoms with van der Waals surface area (Å²) in [6.45, 7) is 0.194. The fourth-order valence-corrected chi connectivity index (χ4v) is 2.22. The van der Waals surface area contributed by atoms with Gasteiger partial charge in [0.05, 0.1) is 6.10 Å². The van der Waals surface area contributed by atoms with Gasteiger partial charge in [0.1, 0.15) is 5.76 Å². The molecule has 1 fully saturated rings. The summed E-state index contributed by atoms with van der Waals surface area (Å²) < 4.78 is 5.14. The highest BCUT2D eigenvalue weighted by molar-refractivity contribution is 5.92. The number of nitrogens with one attached hydrogen (secondary N) is 1. The van der Waals surface area contributed by atoms with Crippen LogP contribution in [-0.4, -0.2) is 28.8 Å². The zero-order chi connectivity index (χ0) is 14.7. The van der Waals surface area contributed by atoms with Crippen LogP contribution in [0.5, 0.6) is 0 Å². The summed E-state index contributed by atoms with van der Waals surface area (Å²) >= 11 is 0. The van der Waals surface area contributed by atoms with Crippen molar-refractivity contribution < 1.29 is 14.4 Å². The number of hydrogen-bond acceptors (Lipinski definition) is 4. The second-order valence-corrected chi connectivity index (χ2v) is 5.44. The van der Waals surface area contributed by atoms with Gasteiger partial charge in [-0.15, -0.1) is 0 Å². The van der Waals surface area contributed by atoms with Crippen molar-refractivity contribution in [1.29, 1.82) is 0 Å². The molecule has 21 heavy (non-hydrogen) atoms. The van der Waals surface area contributed by atoms with Gasteiger partial charge in [0.15, 0.2) is 5.69 Å². The van der Waals surface area contributed by atoms with E-state index in [1.54, 1.807) is 6.07 Å². The molecule has 5 heteroatoms. The van der Waals surface area contributed by atoms with Crippen molar-refractivity contribution in [2.75, 3.05) is 6.54 Å². The van der Waals surface area contributed by atoms with Gasteiger partial charge in [-0.1, -0.05) is 35.5 Å². The van der Waals surface area contributed by atoms with Crippen molar-refractivity contribution in [2.45, 2.75) is 31.3 Å². The smallest absolute Gasteiger partial charge is 0.273 e. The number of amides is 1. The lowest BCUT2D eigenvalue weighted by Crippen LogP contribution is -2.33. The van der Waals surface area contributed by atoms with Crippen LogP contribution < -0.4 is 5.32 Å². The Hall–Kier alpha value is -2.14. The van der Waals surface area contributed by atoms with Crippen LogP contribution in [0.2, 0.25) is 0 Å². The average Bonchev–Trinajstić information content (AvgIpc) is 3.23. The van der Waals surface area contributed by atoms with Gasteiger partial charge >= 0.3 is 0 Å². The number of aliphatic hydroxyl groups excluding tert-OH is 1. The third-order valence-electron chi connectivity index (χ3n) is 3.55. The molecule has 5 nitrogen and oxygen atoms in total. The van der Waals surface area contributed by atoms with E-state index in [0.29, 0.717) is 12.3 Å². The lowest BCUT2D eigenvalue weighted by Gasteiger charge is -2.11. The van der Waals surface area contributed by atoms with Crippen molar-refractivity contribution in [3.8, 4) is 0 Å². The molecule has 1 aliphatic rings. The molecule has 0 spiro atoms. The Kier molecular flexibility index (Phi) is 4.01. The van der Waals surface area contributed by atoms with E-state index in [1.807, 2.05) is 30.3 Å². The molecule has 0 unspecified atom stereocenters. The molecule has 0 aliphatic heterocycles. The van der Waals surface area contributed by atoms with E-state index in [2.05, 4.69) is 10.5 Å². The maximum absolute atomic E-state index is 11.9. The Morgan fingerprint density at radius 3 is 2.86 bits per heavy atom. The fraction of sp³-hybridized carbons (Fsp3) is 0.375. The Labute approximate surface area is 123 Å². The second-order valence-electron chi connectivity index (χ2n) is 5.44. The molecule has 1 aromatic heterocycles. The van der Waals surface area contributed by atoms with E-state index in [0.717, 1.165) is 24.2 Å². The van der Waals surface area contributed by atoms with Crippen LogP contribution in [0, 0.1) is 0 Å². The van der Waals surface area contributed by atoms with Gasteiger partial charge in [0.25, 0.3) is 5.91 Å². The molecule has 0 saturated heterocycles. The largest absolute Gasteiger partial charge is 0.391 e. The van der Waals surface area contributed by atoms with E-state index in [1.165, 1.54) is 0 Å². The predicted molar refractivity (Wildman–Crippen MR) is 77.0 cm³/mol. The number of nitrogens with zero attached hydrogens (tertiary/aromatic N) is 1. The minimum absolute atomic E-state index is 0.194. The van der Waals surface area contributed by atoms with Crippen molar-refractivity contribution in [3.63, 3.8) is 0 Å². The second kappa shape index (κ2) is 6.10. The molecule has 1 saturated carbocycles. The minimum atomic E-state index is -0.619. The quantitative estimate of drug-likeness (QED) is 0.850. The highest BCUT2D eigenvalue weighted by Gasteiger charge is 2.28. The van der Waals surface area contributed by atoms with Crippen molar-refractivity contribution in [2.24, 2.45) is 0 Å². The van der Waals surface area contributed by atoms with E-state index >= 15 is 0 Å². The van der Waals surface area contributed by atoms with Gasteiger partial charge in [-0.3, -0.25) is 4.79 Å². The summed E-state index contributed by atoms with van der Waals surface area (Å²) in [5, 5.41) is 16.4. The van der Waals surface area contributed by atoms with E-state index in [9.17, 15) is 9.90 Å². The number of carbonyl (C=O) groups is 1. The van der Waals surface area contributed by atoms with E-state index in [-0.39, 0.29) is 18.1 Å².